The molecule has 2 atom stereocenters. The van der Waals surface area contributed by atoms with Gasteiger partial charge in [0.25, 0.3) is 5.56 Å². The van der Waals surface area contributed by atoms with Crippen LogP contribution < -0.4 is 10.9 Å². The standard InChI is InChI=1S/C15H20F2N2O3/c1-14(2,3)22-13(21)18-9-6-5-7-19(11(9)20)10-8-15(10,4)12(16)17/h5-7,10,12H,8H2,1-4H3,(H,18,21)/t10-,15+/m1/s1. The lowest BCUT2D eigenvalue weighted by atomic mass is 10.1. The summed E-state index contributed by atoms with van der Waals surface area (Å²) in [7, 11) is 0. The molecule has 0 spiro atoms. The summed E-state index contributed by atoms with van der Waals surface area (Å²) in [6.07, 6.45) is -1.55. The largest absolute Gasteiger partial charge is 0.444 e. The van der Waals surface area contributed by atoms with Gasteiger partial charge in [0, 0.05) is 12.2 Å². The van der Waals surface area contributed by atoms with Gasteiger partial charge in [-0.05, 0) is 39.3 Å². The van der Waals surface area contributed by atoms with Crippen LogP contribution in [0.3, 0.4) is 0 Å². The van der Waals surface area contributed by atoms with Crippen molar-refractivity contribution in [2.24, 2.45) is 5.41 Å². The molecule has 1 fully saturated rings. The summed E-state index contributed by atoms with van der Waals surface area (Å²) in [5.74, 6) is 0. The van der Waals surface area contributed by atoms with Crippen LogP contribution in [0.15, 0.2) is 23.1 Å². The van der Waals surface area contributed by atoms with Crippen molar-refractivity contribution >= 4 is 11.8 Å². The van der Waals surface area contributed by atoms with Gasteiger partial charge in [0.1, 0.15) is 11.3 Å². The quantitative estimate of drug-likeness (QED) is 0.930. The number of halogens is 2. The Kier molecular flexibility index (Phi) is 4.02. The Hall–Kier alpha value is -1.92. The molecule has 22 heavy (non-hydrogen) atoms. The Morgan fingerprint density at radius 3 is 2.64 bits per heavy atom. The summed E-state index contributed by atoms with van der Waals surface area (Å²) in [5.41, 5.74) is -2.38. The Labute approximate surface area is 127 Å². The molecule has 1 amide bonds. The van der Waals surface area contributed by atoms with Crippen LogP contribution in [0.5, 0.6) is 0 Å². The Balaban J connectivity index is 2.18. The summed E-state index contributed by atoms with van der Waals surface area (Å²) in [5, 5.41) is 2.36. The first-order valence-electron chi connectivity index (χ1n) is 7.04. The van der Waals surface area contributed by atoms with Gasteiger partial charge in [-0.1, -0.05) is 6.92 Å². The lowest BCUT2D eigenvalue weighted by Crippen LogP contribution is -2.31. The number of hydrogen-bond acceptors (Lipinski definition) is 3. The first-order chi connectivity index (χ1) is 10.0. The molecule has 1 N–H and O–H groups in total. The molecule has 1 aliphatic carbocycles. The predicted molar refractivity (Wildman–Crippen MR) is 78.3 cm³/mol. The summed E-state index contributed by atoms with van der Waals surface area (Å²) >= 11 is 0. The van der Waals surface area contributed by atoms with E-state index in [1.54, 1.807) is 20.8 Å². The third kappa shape index (κ3) is 3.28. The first kappa shape index (κ1) is 16.5. The van der Waals surface area contributed by atoms with Crippen molar-refractivity contribution in [1.29, 1.82) is 0 Å². The maximum Gasteiger partial charge on any atom is 0.412 e. The minimum Gasteiger partial charge on any atom is -0.444 e. The lowest BCUT2D eigenvalue weighted by Gasteiger charge is -2.19. The van der Waals surface area contributed by atoms with Crippen molar-refractivity contribution in [2.45, 2.75) is 52.2 Å². The van der Waals surface area contributed by atoms with Crippen LogP contribution in [-0.4, -0.2) is 22.7 Å². The number of pyridine rings is 1. The van der Waals surface area contributed by atoms with Crippen LogP contribution in [0.2, 0.25) is 0 Å². The molecule has 7 heteroatoms. The summed E-state index contributed by atoms with van der Waals surface area (Å²) in [4.78, 5) is 24.0. The molecule has 0 saturated heterocycles. The van der Waals surface area contributed by atoms with Crippen molar-refractivity contribution in [3.8, 4) is 0 Å². The summed E-state index contributed by atoms with van der Waals surface area (Å²) in [6, 6.07) is 2.41. The van der Waals surface area contributed by atoms with E-state index in [2.05, 4.69) is 5.32 Å². The maximum atomic E-state index is 13.0. The van der Waals surface area contributed by atoms with Crippen LogP contribution in [0.25, 0.3) is 0 Å². The molecule has 1 aromatic heterocycles. The topological polar surface area (TPSA) is 60.3 Å². The van der Waals surface area contributed by atoms with E-state index in [4.69, 9.17) is 4.74 Å². The molecule has 0 aromatic carbocycles. The fourth-order valence-electron chi connectivity index (χ4n) is 2.27. The third-order valence-corrected chi connectivity index (χ3v) is 3.68. The second-order valence-corrected chi connectivity index (χ2v) is 6.79. The van der Waals surface area contributed by atoms with E-state index in [0.717, 1.165) is 0 Å². The van der Waals surface area contributed by atoms with Crippen molar-refractivity contribution in [3.63, 3.8) is 0 Å². The summed E-state index contributed by atoms with van der Waals surface area (Å²) < 4.78 is 32.2. The van der Waals surface area contributed by atoms with Crippen LogP contribution >= 0.6 is 0 Å². The Morgan fingerprint density at radius 2 is 2.14 bits per heavy atom. The zero-order chi connectivity index (χ0) is 16.7. The summed E-state index contributed by atoms with van der Waals surface area (Å²) in [6.45, 7) is 6.55. The SMILES string of the molecule is CC(C)(C)OC(=O)Nc1cccn([C@@H]2C[C@]2(C)C(F)F)c1=O. The first-order valence-corrected chi connectivity index (χ1v) is 7.04. The number of nitrogens with zero attached hydrogens (tertiary/aromatic N) is 1. The Bertz CT molecular complexity index is 636. The van der Waals surface area contributed by atoms with Gasteiger partial charge in [-0.25, -0.2) is 13.6 Å². The second-order valence-electron chi connectivity index (χ2n) is 6.79. The predicted octanol–water partition coefficient (Wildman–Crippen LogP) is 3.41. The van der Waals surface area contributed by atoms with Gasteiger partial charge in [-0.3, -0.25) is 10.1 Å². The van der Waals surface area contributed by atoms with E-state index < -0.39 is 35.1 Å². The molecule has 1 saturated carbocycles. The van der Waals surface area contributed by atoms with Gasteiger partial charge < -0.3 is 9.30 Å². The van der Waals surface area contributed by atoms with Crippen molar-refractivity contribution in [3.05, 3.63) is 28.7 Å². The average molecular weight is 314 g/mol. The van der Waals surface area contributed by atoms with Gasteiger partial charge in [-0.15, -0.1) is 0 Å². The van der Waals surface area contributed by atoms with Crippen molar-refractivity contribution in [1.82, 2.24) is 4.57 Å². The highest BCUT2D eigenvalue weighted by Crippen LogP contribution is 2.59. The van der Waals surface area contributed by atoms with Gasteiger partial charge in [-0.2, -0.15) is 0 Å². The van der Waals surface area contributed by atoms with E-state index in [1.807, 2.05) is 0 Å². The van der Waals surface area contributed by atoms with Crippen LogP contribution in [-0.2, 0) is 4.74 Å². The van der Waals surface area contributed by atoms with Gasteiger partial charge in [0.2, 0.25) is 6.43 Å². The molecule has 0 aliphatic heterocycles. The number of ether oxygens (including phenoxy) is 1. The molecular weight excluding hydrogens is 294 g/mol. The van der Waals surface area contributed by atoms with Crippen LogP contribution in [0.1, 0.15) is 40.2 Å². The highest BCUT2D eigenvalue weighted by molar-refractivity contribution is 5.84. The molecule has 2 rings (SSSR count). The monoisotopic (exact) mass is 314 g/mol. The molecule has 0 unspecified atom stereocenters. The number of nitrogens with one attached hydrogen (secondary N) is 1. The smallest absolute Gasteiger partial charge is 0.412 e. The lowest BCUT2D eigenvalue weighted by molar-refractivity contribution is 0.0623. The number of rotatable bonds is 3. The van der Waals surface area contributed by atoms with E-state index >= 15 is 0 Å². The fraction of sp³-hybridized carbons (Fsp3) is 0.600. The number of alkyl halides is 2. The number of hydrogen-bond donors (Lipinski definition) is 1. The molecular formula is C15H20F2N2O3. The molecule has 0 radical (unpaired) electrons. The fourth-order valence-corrected chi connectivity index (χ4v) is 2.27. The zero-order valence-electron chi connectivity index (χ0n) is 13.0. The molecule has 1 heterocycles. The number of aromatic nitrogens is 1. The van der Waals surface area contributed by atoms with Crippen molar-refractivity contribution in [2.75, 3.05) is 5.32 Å². The third-order valence-electron chi connectivity index (χ3n) is 3.68. The molecule has 1 aliphatic rings. The second kappa shape index (κ2) is 5.37. The number of amides is 1. The highest BCUT2D eigenvalue weighted by atomic mass is 19.3. The van der Waals surface area contributed by atoms with Gasteiger partial charge >= 0.3 is 6.09 Å². The van der Waals surface area contributed by atoms with E-state index in [9.17, 15) is 18.4 Å². The average Bonchev–Trinajstić information content (AvgIpc) is 3.03. The van der Waals surface area contributed by atoms with Crippen LogP contribution in [0.4, 0.5) is 19.3 Å². The minimum atomic E-state index is -2.49. The molecule has 122 valence electrons. The number of anilines is 1. The molecule has 1 aromatic rings. The number of carbonyl (C=O) groups excluding carboxylic acids is 1. The molecule has 0 bridgehead atoms. The zero-order valence-corrected chi connectivity index (χ0v) is 13.0. The number of carbonyl (C=O) groups is 1. The maximum absolute atomic E-state index is 13.0. The van der Waals surface area contributed by atoms with Crippen LogP contribution in [0, 0.1) is 5.41 Å². The van der Waals surface area contributed by atoms with E-state index in [1.165, 1.54) is 29.8 Å². The van der Waals surface area contributed by atoms with Gasteiger partial charge in [0.05, 0.1) is 5.41 Å². The Morgan fingerprint density at radius 1 is 1.50 bits per heavy atom. The normalized spacial score (nSPS) is 24.2. The minimum absolute atomic E-state index is 0.0141. The van der Waals surface area contributed by atoms with Crippen molar-refractivity contribution < 1.29 is 18.3 Å². The molecule has 5 nitrogen and oxygen atoms in total. The van der Waals surface area contributed by atoms with E-state index in [0.29, 0.717) is 0 Å². The van der Waals surface area contributed by atoms with E-state index in [-0.39, 0.29) is 12.1 Å². The van der Waals surface area contributed by atoms with Gasteiger partial charge in [0.15, 0.2) is 0 Å². The highest BCUT2D eigenvalue weighted by Gasteiger charge is 2.58.